The van der Waals surface area contributed by atoms with Crippen LogP contribution in [0.5, 0.6) is 0 Å². The molecule has 1 unspecified atom stereocenters. The Morgan fingerprint density at radius 2 is 0.524 bits per heavy atom. The van der Waals surface area contributed by atoms with E-state index in [2.05, 4.69) is 45.1 Å². The van der Waals surface area contributed by atoms with Gasteiger partial charge in [-0.3, -0.25) is 14.4 Å². The largest absolute Gasteiger partial charge is 0.462 e. The molecule has 0 bridgehead atoms. The van der Waals surface area contributed by atoms with Gasteiger partial charge in [-0.15, -0.1) is 0 Å². The lowest BCUT2D eigenvalue weighted by Crippen LogP contribution is -2.30. The zero-order valence-electron chi connectivity index (χ0n) is 42.4. The molecule has 0 heterocycles. The number of ether oxygens (including phenoxy) is 3. The van der Waals surface area contributed by atoms with Crippen LogP contribution in [-0.4, -0.2) is 37.2 Å². The summed E-state index contributed by atoms with van der Waals surface area (Å²) in [5, 5.41) is 0. The number of esters is 3. The molecule has 6 nitrogen and oxygen atoms in total. The van der Waals surface area contributed by atoms with E-state index in [9.17, 15) is 14.4 Å². The van der Waals surface area contributed by atoms with Crippen LogP contribution in [-0.2, 0) is 28.6 Å². The highest BCUT2D eigenvalue weighted by molar-refractivity contribution is 5.71. The van der Waals surface area contributed by atoms with Crippen molar-refractivity contribution in [3.8, 4) is 0 Å². The molecule has 0 N–H and O–H groups in total. The van der Waals surface area contributed by atoms with Gasteiger partial charge in [0.1, 0.15) is 13.2 Å². The van der Waals surface area contributed by atoms with Crippen LogP contribution in [0.1, 0.15) is 303 Å². The first kappa shape index (κ1) is 60.9. The minimum atomic E-state index is -0.771. The molecular formula is C57H106O6. The molecule has 0 saturated heterocycles. The summed E-state index contributed by atoms with van der Waals surface area (Å²) in [6.45, 7) is 6.65. The predicted molar refractivity (Wildman–Crippen MR) is 270 cm³/mol. The Hall–Kier alpha value is -2.11. The highest BCUT2D eigenvalue weighted by Gasteiger charge is 2.19. The van der Waals surface area contributed by atoms with E-state index in [0.29, 0.717) is 19.3 Å². The fourth-order valence-corrected chi connectivity index (χ4v) is 8.20. The summed E-state index contributed by atoms with van der Waals surface area (Å²) in [6, 6.07) is 0. The lowest BCUT2D eigenvalue weighted by atomic mass is 10.1. The van der Waals surface area contributed by atoms with E-state index in [1.54, 1.807) is 0 Å². The summed E-state index contributed by atoms with van der Waals surface area (Å²) in [5.41, 5.74) is 0. The molecule has 1 atom stereocenters. The van der Waals surface area contributed by atoms with Crippen molar-refractivity contribution in [3.05, 3.63) is 24.3 Å². The Kier molecular flexibility index (Phi) is 50.8. The summed E-state index contributed by atoms with van der Waals surface area (Å²) in [6.07, 6.45) is 60.2. The summed E-state index contributed by atoms with van der Waals surface area (Å²) in [4.78, 5) is 38.0. The van der Waals surface area contributed by atoms with Gasteiger partial charge in [0.25, 0.3) is 0 Å². The monoisotopic (exact) mass is 887 g/mol. The van der Waals surface area contributed by atoms with E-state index in [0.717, 1.165) is 64.2 Å². The van der Waals surface area contributed by atoms with Crippen molar-refractivity contribution in [3.63, 3.8) is 0 Å². The van der Waals surface area contributed by atoms with Crippen LogP contribution >= 0.6 is 0 Å². The van der Waals surface area contributed by atoms with Gasteiger partial charge >= 0.3 is 17.9 Å². The number of hydrogen-bond donors (Lipinski definition) is 0. The molecule has 0 aliphatic rings. The maximum absolute atomic E-state index is 12.8. The van der Waals surface area contributed by atoms with Gasteiger partial charge < -0.3 is 14.2 Å². The standard InChI is InChI=1S/C57H106O6/c1-4-7-10-13-16-19-22-24-26-27-28-29-31-32-35-38-41-44-47-50-56(59)62-53-54(52-61-55(58)49-46-43-40-37-34-21-18-15-12-9-6-3)63-57(60)51-48-45-42-39-36-33-30-25-23-20-17-14-11-8-5-2/h24-26,30,54H,4-23,27-29,31-53H2,1-3H3/b26-24-,30-25-. The molecule has 6 heteroatoms. The predicted octanol–water partition coefficient (Wildman–Crippen LogP) is 18.3. The van der Waals surface area contributed by atoms with Gasteiger partial charge in [-0.25, -0.2) is 0 Å². The summed E-state index contributed by atoms with van der Waals surface area (Å²) >= 11 is 0. The second kappa shape index (κ2) is 52.5. The Balaban J connectivity index is 4.30. The quantitative estimate of drug-likeness (QED) is 0.0262. The van der Waals surface area contributed by atoms with E-state index in [4.69, 9.17) is 14.2 Å². The van der Waals surface area contributed by atoms with Crippen molar-refractivity contribution < 1.29 is 28.6 Å². The van der Waals surface area contributed by atoms with Crippen molar-refractivity contribution >= 4 is 17.9 Å². The first-order valence-corrected chi connectivity index (χ1v) is 27.8. The molecule has 0 spiro atoms. The van der Waals surface area contributed by atoms with E-state index in [1.807, 2.05) is 0 Å². The number of carbonyl (C=O) groups excluding carboxylic acids is 3. The Labute approximate surface area is 392 Å². The zero-order valence-corrected chi connectivity index (χ0v) is 42.4. The van der Waals surface area contributed by atoms with E-state index in [-0.39, 0.29) is 31.1 Å². The number of rotatable bonds is 51. The molecule has 0 radical (unpaired) electrons. The average molecular weight is 887 g/mol. The molecule has 0 fully saturated rings. The number of unbranched alkanes of at least 4 members (excludes halogenated alkanes) is 36. The normalized spacial score (nSPS) is 12.1. The second-order valence-corrected chi connectivity index (χ2v) is 18.8. The lowest BCUT2D eigenvalue weighted by molar-refractivity contribution is -0.167. The maximum Gasteiger partial charge on any atom is 0.306 e. The SMILES string of the molecule is CCCCCCCC/C=C\CCCCCCCCCCCC(=O)OCC(COC(=O)CCCCCCCCCCCCC)OC(=O)CCCCCCC/C=C\CCCCCCCC. The van der Waals surface area contributed by atoms with E-state index < -0.39 is 6.10 Å². The Morgan fingerprint density at radius 1 is 0.302 bits per heavy atom. The zero-order chi connectivity index (χ0) is 45.8. The molecule has 0 aromatic carbocycles. The Morgan fingerprint density at radius 3 is 0.794 bits per heavy atom. The number of hydrogen-bond acceptors (Lipinski definition) is 6. The molecule has 0 rings (SSSR count). The Bertz CT molecular complexity index is 1020. The maximum atomic E-state index is 12.8. The van der Waals surface area contributed by atoms with Crippen molar-refractivity contribution in [1.29, 1.82) is 0 Å². The van der Waals surface area contributed by atoms with Gasteiger partial charge in [0.05, 0.1) is 0 Å². The van der Waals surface area contributed by atoms with Crippen molar-refractivity contribution in [1.82, 2.24) is 0 Å². The molecule has 0 aromatic rings. The third-order valence-electron chi connectivity index (χ3n) is 12.4. The average Bonchev–Trinajstić information content (AvgIpc) is 3.28. The van der Waals surface area contributed by atoms with Crippen LogP contribution in [0.3, 0.4) is 0 Å². The minimum Gasteiger partial charge on any atom is -0.462 e. The van der Waals surface area contributed by atoms with Gasteiger partial charge in [-0.1, -0.05) is 238 Å². The first-order chi connectivity index (χ1) is 31.0. The molecular weight excluding hydrogens is 781 g/mol. The third kappa shape index (κ3) is 50.7. The molecule has 0 aliphatic heterocycles. The molecule has 0 aliphatic carbocycles. The molecule has 0 aromatic heterocycles. The van der Waals surface area contributed by atoms with Crippen molar-refractivity contribution in [2.45, 2.75) is 309 Å². The van der Waals surface area contributed by atoms with Crippen LogP contribution in [0, 0.1) is 0 Å². The van der Waals surface area contributed by atoms with Crippen LogP contribution in [0.2, 0.25) is 0 Å². The fraction of sp³-hybridized carbons (Fsp3) is 0.877. The fourth-order valence-electron chi connectivity index (χ4n) is 8.20. The van der Waals surface area contributed by atoms with E-state index >= 15 is 0 Å². The minimum absolute atomic E-state index is 0.0712. The van der Waals surface area contributed by atoms with E-state index in [1.165, 1.54) is 199 Å². The van der Waals surface area contributed by atoms with Crippen LogP contribution < -0.4 is 0 Å². The van der Waals surface area contributed by atoms with Crippen molar-refractivity contribution in [2.75, 3.05) is 13.2 Å². The van der Waals surface area contributed by atoms with Gasteiger partial charge in [-0.05, 0) is 70.6 Å². The summed E-state index contributed by atoms with van der Waals surface area (Å²) in [7, 11) is 0. The van der Waals surface area contributed by atoms with Crippen molar-refractivity contribution in [2.24, 2.45) is 0 Å². The van der Waals surface area contributed by atoms with Gasteiger partial charge in [0, 0.05) is 19.3 Å². The van der Waals surface area contributed by atoms with Gasteiger partial charge in [-0.2, -0.15) is 0 Å². The molecule has 370 valence electrons. The highest BCUT2D eigenvalue weighted by Crippen LogP contribution is 2.16. The van der Waals surface area contributed by atoms with Crippen LogP contribution in [0.15, 0.2) is 24.3 Å². The smallest absolute Gasteiger partial charge is 0.306 e. The molecule has 0 saturated carbocycles. The first-order valence-electron chi connectivity index (χ1n) is 27.8. The summed E-state index contributed by atoms with van der Waals surface area (Å²) < 4.78 is 16.8. The second-order valence-electron chi connectivity index (χ2n) is 18.8. The van der Waals surface area contributed by atoms with Gasteiger partial charge in [0.15, 0.2) is 6.10 Å². The van der Waals surface area contributed by atoms with Gasteiger partial charge in [0.2, 0.25) is 0 Å². The lowest BCUT2D eigenvalue weighted by Gasteiger charge is -2.18. The van der Waals surface area contributed by atoms with Crippen LogP contribution in [0.25, 0.3) is 0 Å². The van der Waals surface area contributed by atoms with Crippen LogP contribution in [0.4, 0.5) is 0 Å². The summed E-state index contributed by atoms with van der Waals surface area (Å²) in [5.74, 6) is -0.867. The number of allylic oxidation sites excluding steroid dienone is 4. The molecule has 63 heavy (non-hydrogen) atoms. The third-order valence-corrected chi connectivity index (χ3v) is 12.4. The topological polar surface area (TPSA) is 78.9 Å². The highest BCUT2D eigenvalue weighted by atomic mass is 16.6. The molecule has 0 amide bonds. The number of carbonyl (C=O) groups is 3.